The fourth-order valence-corrected chi connectivity index (χ4v) is 2.63. The highest BCUT2D eigenvalue weighted by Gasteiger charge is 2.15. The normalized spacial score (nSPS) is 10.6. The summed E-state index contributed by atoms with van der Waals surface area (Å²) in [4.78, 5) is 2.01. The standard InChI is InChI=1S/C16H18ClFN2/c1-2-20(14-7-4-6-13(18)11-14)16-12(9-10-19)5-3-8-15(16)17/h3-8,11H,2,9-10,19H2,1H3. The summed E-state index contributed by atoms with van der Waals surface area (Å²) in [6, 6.07) is 12.3. The fourth-order valence-electron chi connectivity index (χ4n) is 2.33. The Morgan fingerprint density at radius 1 is 1.20 bits per heavy atom. The second kappa shape index (κ2) is 6.73. The molecule has 0 spiro atoms. The Morgan fingerprint density at radius 3 is 2.60 bits per heavy atom. The monoisotopic (exact) mass is 292 g/mol. The summed E-state index contributed by atoms with van der Waals surface area (Å²) in [5, 5.41) is 0.655. The van der Waals surface area contributed by atoms with Gasteiger partial charge in [0.2, 0.25) is 0 Å². The highest BCUT2D eigenvalue weighted by molar-refractivity contribution is 6.33. The molecule has 20 heavy (non-hydrogen) atoms. The van der Waals surface area contributed by atoms with Crippen LogP contribution < -0.4 is 10.6 Å². The third-order valence-corrected chi connectivity index (χ3v) is 3.50. The van der Waals surface area contributed by atoms with E-state index in [0.29, 0.717) is 18.1 Å². The van der Waals surface area contributed by atoms with Gasteiger partial charge in [-0.25, -0.2) is 4.39 Å². The Labute approximate surface area is 124 Å². The minimum absolute atomic E-state index is 0.256. The number of nitrogens with zero attached hydrogens (tertiary/aromatic N) is 1. The van der Waals surface area contributed by atoms with Crippen LogP contribution in [0.25, 0.3) is 0 Å². The van der Waals surface area contributed by atoms with Crippen LogP contribution in [0.3, 0.4) is 0 Å². The molecule has 0 radical (unpaired) electrons. The van der Waals surface area contributed by atoms with E-state index in [2.05, 4.69) is 0 Å². The lowest BCUT2D eigenvalue weighted by Crippen LogP contribution is -2.19. The molecule has 0 saturated heterocycles. The van der Waals surface area contributed by atoms with Crippen molar-refractivity contribution in [2.24, 2.45) is 5.73 Å². The van der Waals surface area contributed by atoms with Crippen LogP contribution in [-0.2, 0) is 6.42 Å². The van der Waals surface area contributed by atoms with Crippen molar-refractivity contribution in [3.8, 4) is 0 Å². The van der Waals surface area contributed by atoms with Crippen molar-refractivity contribution in [1.29, 1.82) is 0 Å². The van der Waals surface area contributed by atoms with Gasteiger partial charge in [0, 0.05) is 12.2 Å². The van der Waals surface area contributed by atoms with Crippen molar-refractivity contribution >= 4 is 23.0 Å². The highest BCUT2D eigenvalue weighted by atomic mass is 35.5. The van der Waals surface area contributed by atoms with Crippen molar-refractivity contribution in [1.82, 2.24) is 0 Å². The molecule has 2 rings (SSSR count). The first-order chi connectivity index (χ1) is 9.67. The number of nitrogens with two attached hydrogens (primary N) is 1. The van der Waals surface area contributed by atoms with Crippen LogP contribution >= 0.6 is 11.6 Å². The second-order valence-electron chi connectivity index (χ2n) is 4.51. The van der Waals surface area contributed by atoms with Gasteiger partial charge in [0.1, 0.15) is 5.82 Å². The van der Waals surface area contributed by atoms with Gasteiger partial charge in [0.05, 0.1) is 10.7 Å². The maximum absolute atomic E-state index is 13.4. The Morgan fingerprint density at radius 2 is 1.95 bits per heavy atom. The number of hydrogen-bond donors (Lipinski definition) is 1. The molecule has 0 heterocycles. The van der Waals surface area contributed by atoms with Crippen LogP contribution in [0.4, 0.5) is 15.8 Å². The predicted molar refractivity (Wildman–Crippen MR) is 83.3 cm³/mol. The second-order valence-corrected chi connectivity index (χ2v) is 4.92. The van der Waals surface area contributed by atoms with E-state index >= 15 is 0 Å². The Balaban J connectivity index is 2.51. The van der Waals surface area contributed by atoms with Crippen molar-refractivity contribution < 1.29 is 4.39 Å². The van der Waals surface area contributed by atoms with Crippen LogP contribution in [0.1, 0.15) is 12.5 Å². The van der Waals surface area contributed by atoms with E-state index in [-0.39, 0.29) is 5.82 Å². The molecule has 2 aromatic rings. The highest BCUT2D eigenvalue weighted by Crippen LogP contribution is 2.35. The Hall–Kier alpha value is -1.58. The molecule has 0 aliphatic carbocycles. The molecular weight excluding hydrogens is 275 g/mol. The summed E-state index contributed by atoms with van der Waals surface area (Å²) in [5.74, 6) is -0.256. The molecule has 0 aromatic heterocycles. The molecule has 0 bridgehead atoms. The maximum Gasteiger partial charge on any atom is 0.125 e. The number of anilines is 2. The number of para-hydroxylation sites is 1. The fraction of sp³-hybridized carbons (Fsp3) is 0.250. The summed E-state index contributed by atoms with van der Waals surface area (Å²) >= 11 is 6.35. The smallest absolute Gasteiger partial charge is 0.125 e. The molecule has 2 nitrogen and oxygen atoms in total. The van der Waals surface area contributed by atoms with E-state index in [4.69, 9.17) is 17.3 Å². The number of halogens is 2. The third-order valence-electron chi connectivity index (χ3n) is 3.19. The first kappa shape index (κ1) is 14.8. The number of rotatable bonds is 5. The van der Waals surface area contributed by atoms with Crippen LogP contribution in [0.15, 0.2) is 42.5 Å². The van der Waals surface area contributed by atoms with Gasteiger partial charge < -0.3 is 10.6 Å². The third kappa shape index (κ3) is 3.11. The number of hydrogen-bond acceptors (Lipinski definition) is 2. The van der Waals surface area contributed by atoms with Gasteiger partial charge in [-0.15, -0.1) is 0 Å². The van der Waals surface area contributed by atoms with Gasteiger partial charge in [-0.3, -0.25) is 0 Å². The summed E-state index contributed by atoms with van der Waals surface area (Å²) in [6.45, 7) is 3.26. The number of benzene rings is 2. The lowest BCUT2D eigenvalue weighted by atomic mass is 10.1. The summed E-state index contributed by atoms with van der Waals surface area (Å²) in [6.07, 6.45) is 0.738. The first-order valence-electron chi connectivity index (χ1n) is 6.68. The molecule has 106 valence electrons. The van der Waals surface area contributed by atoms with Crippen molar-refractivity contribution in [2.75, 3.05) is 18.0 Å². The average molecular weight is 293 g/mol. The Kier molecular flexibility index (Phi) is 4.99. The predicted octanol–water partition coefficient (Wildman–Crippen LogP) is 4.14. The van der Waals surface area contributed by atoms with Crippen molar-refractivity contribution in [3.63, 3.8) is 0 Å². The topological polar surface area (TPSA) is 29.3 Å². The van der Waals surface area contributed by atoms with E-state index < -0.39 is 0 Å². The van der Waals surface area contributed by atoms with E-state index in [9.17, 15) is 4.39 Å². The van der Waals surface area contributed by atoms with Crippen LogP contribution in [0.2, 0.25) is 5.02 Å². The van der Waals surface area contributed by atoms with Gasteiger partial charge >= 0.3 is 0 Å². The van der Waals surface area contributed by atoms with Crippen molar-refractivity contribution in [2.45, 2.75) is 13.3 Å². The maximum atomic E-state index is 13.4. The molecule has 4 heteroatoms. The minimum atomic E-state index is -0.256. The molecule has 0 saturated carbocycles. The summed E-state index contributed by atoms with van der Waals surface area (Å²) in [5.41, 5.74) is 8.44. The van der Waals surface area contributed by atoms with Crippen molar-refractivity contribution in [3.05, 3.63) is 58.9 Å². The first-order valence-corrected chi connectivity index (χ1v) is 7.05. The van der Waals surface area contributed by atoms with Gasteiger partial charge in [0.25, 0.3) is 0 Å². The van der Waals surface area contributed by atoms with Crippen LogP contribution in [-0.4, -0.2) is 13.1 Å². The molecule has 2 N–H and O–H groups in total. The van der Waals surface area contributed by atoms with Gasteiger partial charge in [0.15, 0.2) is 0 Å². The molecule has 2 aromatic carbocycles. The lowest BCUT2D eigenvalue weighted by molar-refractivity contribution is 0.627. The quantitative estimate of drug-likeness (QED) is 0.897. The molecular formula is C16H18ClFN2. The zero-order valence-electron chi connectivity index (χ0n) is 11.4. The van der Waals surface area contributed by atoms with Gasteiger partial charge in [-0.2, -0.15) is 0 Å². The molecule has 0 unspecified atom stereocenters. The SMILES string of the molecule is CCN(c1cccc(F)c1)c1c(Cl)cccc1CCN. The molecule has 0 aliphatic heterocycles. The van der Waals surface area contributed by atoms with Gasteiger partial charge in [-0.1, -0.05) is 29.8 Å². The lowest BCUT2D eigenvalue weighted by Gasteiger charge is -2.27. The van der Waals surface area contributed by atoms with E-state index in [1.807, 2.05) is 36.1 Å². The zero-order chi connectivity index (χ0) is 14.5. The van der Waals surface area contributed by atoms with E-state index in [1.54, 1.807) is 6.07 Å². The zero-order valence-corrected chi connectivity index (χ0v) is 12.2. The van der Waals surface area contributed by atoms with Crippen LogP contribution in [0.5, 0.6) is 0 Å². The molecule has 0 atom stereocenters. The van der Waals surface area contributed by atoms with E-state index in [1.165, 1.54) is 12.1 Å². The summed E-state index contributed by atoms with van der Waals surface area (Å²) in [7, 11) is 0. The largest absolute Gasteiger partial charge is 0.340 e. The Bertz CT molecular complexity index is 586. The van der Waals surface area contributed by atoms with Crippen LogP contribution in [0, 0.1) is 5.82 Å². The molecule has 0 fully saturated rings. The minimum Gasteiger partial charge on any atom is -0.340 e. The van der Waals surface area contributed by atoms with Gasteiger partial charge in [-0.05, 0) is 49.7 Å². The average Bonchev–Trinajstić information content (AvgIpc) is 2.43. The molecule has 0 aliphatic rings. The van der Waals surface area contributed by atoms with E-state index in [0.717, 1.165) is 23.4 Å². The summed E-state index contributed by atoms with van der Waals surface area (Å²) < 4.78 is 13.4. The molecule has 0 amide bonds.